The van der Waals surface area contributed by atoms with Crippen LogP contribution in [0.3, 0.4) is 0 Å². The number of carbonyl (C=O) groups excluding carboxylic acids is 1. The number of allylic oxidation sites excluding steroid dienone is 13. The predicted octanol–water partition coefficient (Wildman–Crippen LogP) is 15.1. The molecule has 0 heterocycles. The van der Waals surface area contributed by atoms with Crippen LogP contribution in [0.25, 0.3) is 0 Å². The quantitative estimate of drug-likeness (QED) is 0.0870. The van der Waals surface area contributed by atoms with E-state index >= 15 is 0 Å². The average molecular weight is 725 g/mol. The molecule has 0 radical (unpaired) electrons. The van der Waals surface area contributed by atoms with Crippen molar-refractivity contribution >= 4 is 5.97 Å². The molecule has 3 saturated carbocycles. The summed E-state index contributed by atoms with van der Waals surface area (Å²) in [6.45, 7) is 17.3. The van der Waals surface area contributed by atoms with E-state index in [0.29, 0.717) is 17.3 Å². The van der Waals surface area contributed by atoms with Gasteiger partial charge in [-0.1, -0.05) is 146 Å². The second-order valence-corrected chi connectivity index (χ2v) is 18.3. The molecule has 2 heteroatoms. The first-order valence-corrected chi connectivity index (χ1v) is 22.4. The van der Waals surface area contributed by atoms with E-state index in [-0.39, 0.29) is 12.1 Å². The Hall–Kier alpha value is -2.35. The highest BCUT2D eigenvalue weighted by Crippen LogP contribution is 2.67. The first kappa shape index (κ1) is 43.4. The second-order valence-electron chi connectivity index (χ2n) is 18.3. The van der Waals surface area contributed by atoms with Gasteiger partial charge in [0.15, 0.2) is 0 Å². The third-order valence-corrected chi connectivity index (χ3v) is 14.7. The zero-order valence-electron chi connectivity index (χ0n) is 35.4. The molecule has 0 aliphatic heterocycles. The molecule has 0 saturated heterocycles. The predicted molar refractivity (Wildman–Crippen MR) is 230 cm³/mol. The number of ether oxygens (including phenoxy) is 1. The lowest BCUT2D eigenvalue weighted by Gasteiger charge is -2.58. The van der Waals surface area contributed by atoms with Gasteiger partial charge in [-0.2, -0.15) is 0 Å². The summed E-state index contributed by atoms with van der Waals surface area (Å²) in [6.07, 6.45) is 50.9. The van der Waals surface area contributed by atoms with Crippen LogP contribution < -0.4 is 0 Å². The van der Waals surface area contributed by atoms with E-state index in [9.17, 15) is 4.79 Å². The molecule has 0 amide bonds. The van der Waals surface area contributed by atoms with E-state index in [2.05, 4.69) is 127 Å². The molecule has 296 valence electrons. The summed E-state index contributed by atoms with van der Waals surface area (Å²) in [5.41, 5.74) is 2.44. The van der Waals surface area contributed by atoms with Gasteiger partial charge in [-0.05, 0) is 149 Å². The number of hydrogen-bond acceptors (Lipinski definition) is 2. The lowest BCUT2D eigenvalue weighted by molar-refractivity contribution is -0.151. The minimum Gasteiger partial charge on any atom is -0.462 e. The Morgan fingerprint density at radius 1 is 0.755 bits per heavy atom. The Bertz CT molecular complexity index is 1310. The van der Waals surface area contributed by atoms with Crippen molar-refractivity contribution in [3.63, 3.8) is 0 Å². The van der Waals surface area contributed by atoms with E-state index in [1.165, 1.54) is 57.8 Å². The summed E-state index contributed by atoms with van der Waals surface area (Å²) in [5.74, 6) is 5.97. The largest absolute Gasteiger partial charge is 0.462 e. The van der Waals surface area contributed by atoms with Gasteiger partial charge >= 0.3 is 5.97 Å². The van der Waals surface area contributed by atoms with Gasteiger partial charge in [-0.15, -0.1) is 0 Å². The van der Waals surface area contributed by atoms with Gasteiger partial charge in [0, 0.05) is 12.8 Å². The zero-order chi connectivity index (χ0) is 38.1. The monoisotopic (exact) mass is 725 g/mol. The van der Waals surface area contributed by atoms with Gasteiger partial charge in [-0.3, -0.25) is 4.79 Å². The highest BCUT2D eigenvalue weighted by Gasteiger charge is 2.59. The molecule has 0 aromatic carbocycles. The second kappa shape index (κ2) is 22.3. The summed E-state index contributed by atoms with van der Waals surface area (Å²) in [4.78, 5) is 12.8. The Balaban J connectivity index is 1.13. The lowest BCUT2D eigenvalue weighted by Crippen LogP contribution is -2.51. The van der Waals surface area contributed by atoms with Gasteiger partial charge < -0.3 is 4.74 Å². The third kappa shape index (κ3) is 12.3. The van der Waals surface area contributed by atoms with Crippen molar-refractivity contribution in [3.05, 3.63) is 84.6 Å². The number of esters is 1. The topological polar surface area (TPSA) is 26.3 Å². The summed E-state index contributed by atoms with van der Waals surface area (Å²) in [5, 5.41) is 0. The van der Waals surface area contributed by atoms with Crippen LogP contribution in [0.1, 0.15) is 170 Å². The number of carbonyl (C=O) groups is 1. The number of rotatable bonds is 21. The SMILES string of the molecule is CC/C=C/C/C=C/C/C=C/C/C=C/C/C=C/C/C=C/CCC(=O)O[C@H]1CCC2(C)C(=CCC3C2CCC2(C)C(C(C)CCC(CC)C(C)C)CCC32)C1. The normalized spacial score (nSPS) is 31.6. The van der Waals surface area contributed by atoms with Crippen molar-refractivity contribution in [2.75, 3.05) is 0 Å². The van der Waals surface area contributed by atoms with Crippen LogP contribution in [-0.2, 0) is 9.53 Å². The van der Waals surface area contributed by atoms with Gasteiger partial charge in [0.25, 0.3) is 0 Å². The van der Waals surface area contributed by atoms with Crippen molar-refractivity contribution in [3.8, 4) is 0 Å². The zero-order valence-corrected chi connectivity index (χ0v) is 35.4. The Labute approximate surface area is 327 Å². The average Bonchev–Trinajstić information content (AvgIpc) is 3.50. The van der Waals surface area contributed by atoms with Gasteiger partial charge in [0.05, 0.1) is 0 Å². The molecule has 8 unspecified atom stereocenters. The van der Waals surface area contributed by atoms with Crippen molar-refractivity contribution < 1.29 is 9.53 Å². The number of hydrogen-bond donors (Lipinski definition) is 0. The van der Waals surface area contributed by atoms with Crippen LogP contribution >= 0.6 is 0 Å². The fourth-order valence-corrected chi connectivity index (χ4v) is 11.5. The van der Waals surface area contributed by atoms with Crippen LogP contribution in [0.4, 0.5) is 0 Å². The molecule has 9 atom stereocenters. The van der Waals surface area contributed by atoms with Crippen molar-refractivity contribution in [1.82, 2.24) is 0 Å². The van der Waals surface area contributed by atoms with E-state index in [1.807, 2.05) is 0 Å². The maximum atomic E-state index is 12.8. The van der Waals surface area contributed by atoms with E-state index < -0.39 is 0 Å². The maximum absolute atomic E-state index is 12.8. The van der Waals surface area contributed by atoms with E-state index in [4.69, 9.17) is 4.74 Å². The molecule has 53 heavy (non-hydrogen) atoms. The van der Waals surface area contributed by atoms with Crippen LogP contribution in [-0.4, -0.2) is 12.1 Å². The molecule has 0 aromatic rings. The molecule has 0 N–H and O–H groups in total. The highest BCUT2D eigenvalue weighted by atomic mass is 16.5. The van der Waals surface area contributed by atoms with Gasteiger partial charge in [0.1, 0.15) is 6.10 Å². The smallest absolute Gasteiger partial charge is 0.306 e. The molecule has 0 spiro atoms. The minimum atomic E-state index is -0.0226. The molecular formula is C51H80O2. The van der Waals surface area contributed by atoms with E-state index in [1.54, 1.807) is 5.57 Å². The van der Waals surface area contributed by atoms with Gasteiger partial charge in [-0.25, -0.2) is 0 Å². The van der Waals surface area contributed by atoms with Crippen LogP contribution in [0.2, 0.25) is 0 Å². The Morgan fingerprint density at radius 2 is 1.36 bits per heavy atom. The molecule has 4 rings (SSSR count). The first-order chi connectivity index (χ1) is 25.6. The van der Waals surface area contributed by atoms with Crippen LogP contribution in [0.15, 0.2) is 84.6 Å². The van der Waals surface area contributed by atoms with Crippen LogP contribution in [0.5, 0.6) is 0 Å². The summed E-state index contributed by atoms with van der Waals surface area (Å²) < 4.78 is 6.10. The summed E-state index contributed by atoms with van der Waals surface area (Å²) >= 11 is 0. The fraction of sp³-hybridized carbons (Fsp3) is 0.706. The van der Waals surface area contributed by atoms with Gasteiger partial charge in [0.2, 0.25) is 0 Å². The molecule has 0 bridgehead atoms. The standard InChI is InChI=1S/C51H80O2/c1-8-10-11-12-13-14-15-16-17-18-19-20-21-22-23-24-25-26-27-28-49(52)53-44-35-37-50(6)43(39-44)31-32-45-47-34-33-46(51(47,7)38-36-48(45)50)41(5)29-30-42(9-2)40(3)4/h10-11,13-14,16-17,19-20,22-23,25-26,31,40-42,44-48H,8-9,12,15,18,21,24,27-30,32-39H2,1-7H3/b11-10+,14-13+,17-16+,20-19+,23-22+,26-25+/t41?,42?,44-,45?,46?,47?,48?,50?,51?/m0/s1. The van der Waals surface area contributed by atoms with Crippen molar-refractivity contribution in [2.24, 2.45) is 52.3 Å². The fourth-order valence-electron chi connectivity index (χ4n) is 11.5. The minimum absolute atomic E-state index is 0.0226. The molecule has 4 aliphatic carbocycles. The Kier molecular flexibility index (Phi) is 18.2. The first-order valence-electron chi connectivity index (χ1n) is 22.4. The Morgan fingerprint density at radius 3 is 1.94 bits per heavy atom. The van der Waals surface area contributed by atoms with Crippen LogP contribution in [0, 0.1) is 52.3 Å². The maximum Gasteiger partial charge on any atom is 0.306 e. The molecular weight excluding hydrogens is 645 g/mol. The third-order valence-electron chi connectivity index (χ3n) is 14.7. The number of fused-ring (bicyclic) bond motifs is 5. The summed E-state index contributed by atoms with van der Waals surface area (Å²) in [6, 6.07) is 0. The summed E-state index contributed by atoms with van der Waals surface area (Å²) in [7, 11) is 0. The molecule has 3 fully saturated rings. The highest BCUT2D eigenvalue weighted by molar-refractivity contribution is 5.69. The molecule has 0 aromatic heterocycles. The van der Waals surface area contributed by atoms with Crippen molar-refractivity contribution in [1.29, 1.82) is 0 Å². The van der Waals surface area contributed by atoms with Crippen molar-refractivity contribution in [2.45, 2.75) is 177 Å². The molecule has 4 aliphatic rings. The molecule has 2 nitrogen and oxygen atoms in total. The lowest BCUT2D eigenvalue weighted by atomic mass is 9.47. The van der Waals surface area contributed by atoms with E-state index in [0.717, 1.165) is 99.2 Å².